The van der Waals surface area contributed by atoms with Gasteiger partial charge in [-0.05, 0) is 39.8 Å². The molecule has 2 unspecified atom stereocenters. The van der Waals surface area contributed by atoms with Gasteiger partial charge in [-0.1, -0.05) is 12.8 Å². The molecule has 4 heteroatoms. The van der Waals surface area contributed by atoms with Crippen molar-refractivity contribution in [2.45, 2.75) is 57.2 Å². The van der Waals surface area contributed by atoms with Crippen LogP contribution < -0.4 is 5.32 Å². The molecule has 0 bridgehead atoms. The molecular formula is C14H27N3O. The van der Waals surface area contributed by atoms with Gasteiger partial charge in [0, 0.05) is 25.7 Å². The lowest BCUT2D eigenvalue weighted by Gasteiger charge is -2.46. The average molecular weight is 253 g/mol. The van der Waals surface area contributed by atoms with Crippen molar-refractivity contribution in [2.24, 2.45) is 0 Å². The smallest absolute Gasteiger partial charge is 0.240 e. The zero-order chi connectivity index (χ0) is 13.1. The molecule has 0 aromatic rings. The zero-order valence-electron chi connectivity index (χ0n) is 12.0. The van der Waals surface area contributed by atoms with Crippen molar-refractivity contribution in [3.8, 4) is 0 Å². The number of carbonyl (C=O) groups is 1. The molecule has 1 aliphatic heterocycles. The predicted molar refractivity (Wildman–Crippen MR) is 73.5 cm³/mol. The number of nitrogens with one attached hydrogen (secondary N) is 1. The van der Waals surface area contributed by atoms with E-state index < -0.39 is 0 Å². The van der Waals surface area contributed by atoms with Gasteiger partial charge in [-0.3, -0.25) is 9.69 Å². The number of rotatable bonds is 4. The second-order valence-electron chi connectivity index (χ2n) is 5.84. The Morgan fingerprint density at radius 1 is 1.33 bits per heavy atom. The first-order chi connectivity index (χ1) is 8.65. The van der Waals surface area contributed by atoms with Crippen LogP contribution in [0.1, 0.15) is 39.0 Å². The molecule has 18 heavy (non-hydrogen) atoms. The maximum atomic E-state index is 12.5. The van der Waals surface area contributed by atoms with Crippen molar-refractivity contribution in [3.63, 3.8) is 0 Å². The third kappa shape index (κ3) is 2.69. The summed E-state index contributed by atoms with van der Waals surface area (Å²) in [5, 5.41) is 3.18. The average Bonchev–Trinajstić information content (AvgIpc) is 2.88. The summed E-state index contributed by atoms with van der Waals surface area (Å²) in [6.07, 6.45) is 6.15. The van der Waals surface area contributed by atoms with Gasteiger partial charge in [0.15, 0.2) is 0 Å². The molecule has 4 nitrogen and oxygen atoms in total. The van der Waals surface area contributed by atoms with Crippen LogP contribution in [0, 0.1) is 0 Å². The number of carbonyl (C=O) groups excluding carboxylic acids is 1. The third-order valence-corrected chi connectivity index (χ3v) is 4.63. The number of hydrogen-bond acceptors (Lipinski definition) is 3. The van der Waals surface area contributed by atoms with Crippen LogP contribution in [0.15, 0.2) is 0 Å². The molecule has 1 saturated heterocycles. The fourth-order valence-electron chi connectivity index (χ4n) is 3.36. The van der Waals surface area contributed by atoms with Gasteiger partial charge in [0.2, 0.25) is 5.91 Å². The van der Waals surface area contributed by atoms with Crippen LogP contribution in [0.2, 0.25) is 0 Å². The lowest BCUT2D eigenvalue weighted by Crippen LogP contribution is -2.62. The molecule has 1 amide bonds. The summed E-state index contributed by atoms with van der Waals surface area (Å²) in [7, 11) is 3.91. The number of piperazine rings is 1. The Bertz CT molecular complexity index is 289. The van der Waals surface area contributed by atoms with Crippen LogP contribution in [0.25, 0.3) is 0 Å². The van der Waals surface area contributed by atoms with E-state index in [0.29, 0.717) is 18.0 Å². The maximum absolute atomic E-state index is 12.5. The van der Waals surface area contributed by atoms with Gasteiger partial charge < -0.3 is 10.2 Å². The molecule has 1 aliphatic carbocycles. The molecule has 1 N–H and O–H groups in total. The lowest BCUT2D eigenvalue weighted by molar-refractivity contribution is -0.145. The number of amides is 1. The summed E-state index contributed by atoms with van der Waals surface area (Å²) in [5.74, 6) is 0.316. The Morgan fingerprint density at radius 2 is 2.00 bits per heavy atom. The van der Waals surface area contributed by atoms with Crippen molar-refractivity contribution < 1.29 is 4.79 Å². The highest BCUT2D eigenvalue weighted by atomic mass is 16.2. The summed E-state index contributed by atoms with van der Waals surface area (Å²) in [5.41, 5.74) is 0. The molecule has 1 saturated carbocycles. The van der Waals surface area contributed by atoms with E-state index >= 15 is 0 Å². The Kier molecular flexibility index (Phi) is 4.62. The Balaban J connectivity index is 2.09. The van der Waals surface area contributed by atoms with E-state index in [1.807, 2.05) is 19.0 Å². The van der Waals surface area contributed by atoms with Crippen LogP contribution in [0.5, 0.6) is 0 Å². The first-order valence-electron chi connectivity index (χ1n) is 7.32. The minimum absolute atomic E-state index is 0.0988. The fraction of sp³-hybridized carbons (Fsp3) is 0.929. The third-order valence-electron chi connectivity index (χ3n) is 4.63. The number of likely N-dealkylation sites (N-methyl/N-ethyl adjacent to an activating group) is 1. The molecular weight excluding hydrogens is 226 g/mol. The minimum atomic E-state index is 0.0988. The largest absolute Gasteiger partial charge is 0.340 e. The molecule has 0 spiro atoms. The van der Waals surface area contributed by atoms with Crippen molar-refractivity contribution in [1.29, 1.82) is 0 Å². The molecule has 2 rings (SSSR count). The normalized spacial score (nSPS) is 31.3. The highest BCUT2D eigenvalue weighted by Crippen LogP contribution is 2.29. The molecule has 2 fully saturated rings. The zero-order valence-corrected chi connectivity index (χ0v) is 12.0. The van der Waals surface area contributed by atoms with E-state index in [2.05, 4.69) is 17.1 Å². The highest BCUT2D eigenvalue weighted by molar-refractivity contribution is 5.82. The highest BCUT2D eigenvalue weighted by Gasteiger charge is 2.40. The minimum Gasteiger partial charge on any atom is -0.340 e. The Labute approximate surface area is 111 Å². The van der Waals surface area contributed by atoms with Crippen LogP contribution >= 0.6 is 0 Å². The second kappa shape index (κ2) is 6.02. The van der Waals surface area contributed by atoms with Crippen LogP contribution in [0.4, 0.5) is 0 Å². The lowest BCUT2D eigenvalue weighted by atomic mass is 10.0. The standard InChI is InChI=1S/C14H27N3O/c1-11-10-17(12-6-4-5-7-12)13(8-9-15-2)14(18)16(11)3/h11-13,15H,4-10H2,1-3H3. The number of nitrogens with zero attached hydrogens (tertiary/aromatic N) is 2. The Hall–Kier alpha value is -0.610. The molecule has 0 radical (unpaired) electrons. The first kappa shape index (κ1) is 13.8. The molecule has 2 atom stereocenters. The van der Waals surface area contributed by atoms with Crippen molar-refractivity contribution in [3.05, 3.63) is 0 Å². The fourth-order valence-corrected chi connectivity index (χ4v) is 3.36. The van der Waals surface area contributed by atoms with E-state index in [1.54, 1.807) is 0 Å². The van der Waals surface area contributed by atoms with Crippen molar-refractivity contribution in [2.75, 3.05) is 27.2 Å². The van der Waals surface area contributed by atoms with Crippen LogP contribution in [-0.4, -0.2) is 61.0 Å². The van der Waals surface area contributed by atoms with Crippen LogP contribution in [0.3, 0.4) is 0 Å². The van der Waals surface area contributed by atoms with E-state index in [0.717, 1.165) is 19.5 Å². The summed E-state index contributed by atoms with van der Waals surface area (Å²) in [6, 6.07) is 1.10. The van der Waals surface area contributed by atoms with Gasteiger partial charge in [-0.2, -0.15) is 0 Å². The van der Waals surface area contributed by atoms with Gasteiger partial charge in [0.1, 0.15) is 0 Å². The summed E-state index contributed by atoms with van der Waals surface area (Å²) < 4.78 is 0. The monoisotopic (exact) mass is 253 g/mol. The second-order valence-corrected chi connectivity index (χ2v) is 5.84. The van der Waals surface area contributed by atoms with E-state index in [1.165, 1.54) is 25.7 Å². The summed E-state index contributed by atoms with van der Waals surface area (Å²) >= 11 is 0. The number of hydrogen-bond donors (Lipinski definition) is 1. The maximum Gasteiger partial charge on any atom is 0.240 e. The quantitative estimate of drug-likeness (QED) is 0.814. The summed E-state index contributed by atoms with van der Waals surface area (Å²) in [6.45, 7) is 4.12. The molecule has 0 aromatic carbocycles. The first-order valence-corrected chi connectivity index (χ1v) is 7.32. The molecule has 2 aliphatic rings. The van der Waals surface area contributed by atoms with E-state index in [4.69, 9.17) is 0 Å². The SMILES string of the molecule is CNCCC1C(=O)N(C)C(C)CN1C1CCCC1. The van der Waals surface area contributed by atoms with Gasteiger partial charge in [-0.25, -0.2) is 0 Å². The van der Waals surface area contributed by atoms with Gasteiger partial charge in [-0.15, -0.1) is 0 Å². The van der Waals surface area contributed by atoms with E-state index in [-0.39, 0.29) is 6.04 Å². The molecule has 104 valence electrons. The van der Waals surface area contributed by atoms with Crippen LogP contribution in [-0.2, 0) is 4.79 Å². The molecule has 1 heterocycles. The van der Waals surface area contributed by atoms with Gasteiger partial charge >= 0.3 is 0 Å². The van der Waals surface area contributed by atoms with Gasteiger partial charge in [0.25, 0.3) is 0 Å². The predicted octanol–water partition coefficient (Wildman–Crippen LogP) is 1.07. The summed E-state index contributed by atoms with van der Waals surface area (Å²) in [4.78, 5) is 16.9. The van der Waals surface area contributed by atoms with Crippen molar-refractivity contribution in [1.82, 2.24) is 15.1 Å². The van der Waals surface area contributed by atoms with Gasteiger partial charge in [0.05, 0.1) is 6.04 Å². The topological polar surface area (TPSA) is 35.6 Å². The van der Waals surface area contributed by atoms with E-state index in [9.17, 15) is 4.79 Å². The Morgan fingerprint density at radius 3 is 2.61 bits per heavy atom. The molecule has 0 aromatic heterocycles. The van der Waals surface area contributed by atoms with Crippen molar-refractivity contribution >= 4 is 5.91 Å².